The molecule has 2 fully saturated rings. The lowest BCUT2D eigenvalue weighted by Crippen LogP contribution is -2.37. The lowest BCUT2D eigenvalue weighted by Gasteiger charge is -2.34. The molecule has 0 spiro atoms. The Morgan fingerprint density at radius 2 is 1.82 bits per heavy atom. The number of hydrogen-bond donors (Lipinski definition) is 0. The Bertz CT molecular complexity index is 708. The summed E-state index contributed by atoms with van der Waals surface area (Å²) in [5, 5.41) is 2.23. The van der Waals surface area contributed by atoms with Crippen molar-refractivity contribution in [3.8, 4) is 10.4 Å². The van der Waals surface area contributed by atoms with E-state index in [0.29, 0.717) is 0 Å². The normalized spacial score (nSPS) is 21.9. The van der Waals surface area contributed by atoms with Gasteiger partial charge in [0.2, 0.25) is 0 Å². The smallest absolute Gasteiger partial charge is 0.0576 e. The van der Waals surface area contributed by atoms with E-state index in [1.807, 2.05) is 11.3 Å². The summed E-state index contributed by atoms with van der Waals surface area (Å²) in [5.74, 6) is 0.721. The fourth-order valence-electron chi connectivity index (χ4n) is 4.68. The van der Waals surface area contributed by atoms with Crippen LogP contribution in [0, 0.1) is 5.92 Å². The molecule has 3 heterocycles. The first kappa shape index (κ1) is 19.9. The van der Waals surface area contributed by atoms with Crippen molar-refractivity contribution in [3.05, 3.63) is 41.8 Å². The number of anilines is 1. The van der Waals surface area contributed by atoms with Gasteiger partial charge in [0.05, 0.1) is 10.6 Å². The second-order valence-electron chi connectivity index (χ2n) is 8.43. The highest BCUT2D eigenvalue weighted by atomic mass is 32.1. The molecule has 1 aromatic carbocycles. The van der Waals surface area contributed by atoms with Gasteiger partial charge in [0.1, 0.15) is 0 Å². The van der Waals surface area contributed by atoms with E-state index in [1.54, 1.807) is 0 Å². The molecular formula is C24H34N2OS. The third-order valence-corrected chi connectivity index (χ3v) is 7.46. The van der Waals surface area contributed by atoms with E-state index in [0.717, 1.165) is 38.3 Å². The van der Waals surface area contributed by atoms with Crippen LogP contribution in [-0.2, 0) is 4.74 Å². The van der Waals surface area contributed by atoms with Gasteiger partial charge in [0.15, 0.2) is 0 Å². The maximum Gasteiger partial charge on any atom is 0.0576 e. The zero-order valence-electron chi connectivity index (χ0n) is 17.2. The van der Waals surface area contributed by atoms with Crippen LogP contribution in [0.4, 0.5) is 5.69 Å². The van der Waals surface area contributed by atoms with Crippen LogP contribution in [0.25, 0.3) is 10.4 Å². The Balaban J connectivity index is 1.21. The summed E-state index contributed by atoms with van der Waals surface area (Å²) < 4.78 is 6.10. The molecule has 0 bridgehead atoms. The Morgan fingerprint density at radius 3 is 2.61 bits per heavy atom. The van der Waals surface area contributed by atoms with Crippen molar-refractivity contribution in [2.45, 2.75) is 44.6 Å². The quantitative estimate of drug-likeness (QED) is 0.571. The maximum absolute atomic E-state index is 6.10. The van der Waals surface area contributed by atoms with Crippen molar-refractivity contribution in [3.63, 3.8) is 0 Å². The van der Waals surface area contributed by atoms with Crippen molar-refractivity contribution in [1.82, 2.24) is 4.90 Å². The van der Waals surface area contributed by atoms with Crippen LogP contribution in [0.2, 0.25) is 0 Å². The number of hydrogen-bond acceptors (Lipinski definition) is 4. The van der Waals surface area contributed by atoms with Gasteiger partial charge in [-0.05, 0) is 68.6 Å². The van der Waals surface area contributed by atoms with Gasteiger partial charge in [0.25, 0.3) is 0 Å². The Morgan fingerprint density at radius 1 is 1.00 bits per heavy atom. The summed E-state index contributed by atoms with van der Waals surface area (Å²) in [6, 6.07) is 13.8. The predicted octanol–water partition coefficient (Wildman–Crippen LogP) is 5.52. The highest BCUT2D eigenvalue weighted by Gasteiger charge is 2.23. The molecule has 152 valence electrons. The molecule has 0 N–H and O–H groups in total. The van der Waals surface area contributed by atoms with Crippen molar-refractivity contribution in [2.24, 2.45) is 5.92 Å². The van der Waals surface area contributed by atoms with Gasteiger partial charge in [-0.15, -0.1) is 11.3 Å². The molecule has 2 aromatic rings. The van der Waals surface area contributed by atoms with E-state index in [2.05, 4.69) is 58.6 Å². The molecule has 1 unspecified atom stereocenters. The van der Waals surface area contributed by atoms with Crippen LogP contribution < -0.4 is 4.90 Å². The standard InChI is InChI=1S/C24H34N2OS/c1-25-14-6-5-9-22(25)12-17-27-19-20-10-15-26(16-11-20)23-13-18-28-24(23)21-7-3-2-4-8-21/h2-4,7-8,13,18,20,22H,5-6,9-12,14-17,19H2,1H3. The molecular weight excluding hydrogens is 364 g/mol. The average Bonchev–Trinajstić information content (AvgIpc) is 3.23. The van der Waals surface area contributed by atoms with Crippen LogP contribution in [0.1, 0.15) is 38.5 Å². The molecule has 3 nitrogen and oxygen atoms in total. The largest absolute Gasteiger partial charge is 0.381 e. The molecule has 2 aliphatic heterocycles. The zero-order chi connectivity index (χ0) is 19.2. The molecule has 1 atom stereocenters. The number of likely N-dealkylation sites (tertiary alicyclic amines) is 1. The minimum absolute atomic E-state index is 0.721. The van der Waals surface area contributed by atoms with Crippen LogP contribution in [-0.4, -0.2) is 50.8 Å². The number of piperidine rings is 2. The lowest BCUT2D eigenvalue weighted by atomic mass is 9.97. The van der Waals surface area contributed by atoms with Gasteiger partial charge >= 0.3 is 0 Å². The van der Waals surface area contributed by atoms with Crippen molar-refractivity contribution in [2.75, 3.05) is 44.8 Å². The molecule has 1 aromatic heterocycles. The average molecular weight is 399 g/mol. The minimum atomic E-state index is 0.721. The van der Waals surface area contributed by atoms with Gasteiger partial charge in [-0.25, -0.2) is 0 Å². The summed E-state index contributed by atoms with van der Waals surface area (Å²) in [7, 11) is 2.27. The lowest BCUT2D eigenvalue weighted by molar-refractivity contribution is 0.0649. The van der Waals surface area contributed by atoms with Crippen LogP contribution in [0.5, 0.6) is 0 Å². The van der Waals surface area contributed by atoms with E-state index in [1.165, 1.54) is 61.2 Å². The summed E-state index contributed by atoms with van der Waals surface area (Å²) in [6.45, 7) is 5.43. The van der Waals surface area contributed by atoms with E-state index >= 15 is 0 Å². The molecule has 0 radical (unpaired) electrons. The summed E-state index contributed by atoms with van der Waals surface area (Å²) >= 11 is 1.86. The topological polar surface area (TPSA) is 15.7 Å². The first-order valence-electron chi connectivity index (χ1n) is 11.0. The van der Waals surface area contributed by atoms with Gasteiger partial charge < -0.3 is 14.5 Å². The van der Waals surface area contributed by atoms with Crippen LogP contribution >= 0.6 is 11.3 Å². The SMILES string of the molecule is CN1CCCCC1CCOCC1CCN(c2ccsc2-c2ccccc2)CC1. The van der Waals surface area contributed by atoms with E-state index in [-0.39, 0.29) is 0 Å². The number of ether oxygens (including phenoxy) is 1. The summed E-state index contributed by atoms with van der Waals surface area (Å²) in [4.78, 5) is 6.51. The zero-order valence-corrected chi connectivity index (χ0v) is 18.0. The fraction of sp³-hybridized carbons (Fsp3) is 0.583. The molecule has 4 rings (SSSR count). The molecule has 28 heavy (non-hydrogen) atoms. The highest BCUT2D eigenvalue weighted by molar-refractivity contribution is 7.14. The van der Waals surface area contributed by atoms with Gasteiger partial charge in [-0.3, -0.25) is 0 Å². The number of thiophene rings is 1. The molecule has 0 amide bonds. The summed E-state index contributed by atoms with van der Waals surface area (Å²) in [5.41, 5.74) is 2.75. The third-order valence-electron chi connectivity index (χ3n) is 6.51. The van der Waals surface area contributed by atoms with Crippen molar-refractivity contribution in [1.29, 1.82) is 0 Å². The monoisotopic (exact) mass is 398 g/mol. The van der Waals surface area contributed by atoms with E-state index < -0.39 is 0 Å². The second-order valence-corrected chi connectivity index (χ2v) is 9.34. The fourth-order valence-corrected chi connectivity index (χ4v) is 5.60. The van der Waals surface area contributed by atoms with E-state index in [9.17, 15) is 0 Å². The molecule has 2 saturated heterocycles. The number of benzene rings is 1. The number of rotatable bonds is 7. The predicted molar refractivity (Wildman–Crippen MR) is 120 cm³/mol. The Labute approximate surface area is 174 Å². The second kappa shape index (κ2) is 9.91. The van der Waals surface area contributed by atoms with Crippen LogP contribution in [0.3, 0.4) is 0 Å². The van der Waals surface area contributed by atoms with Crippen molar-refractivity contribution < 1.29 is 4.74 Å². The summed E-state index contributed by atoms with van der Waals surface area (Å²) in [6.07, 6.45) is 7.79. The molecule has 0 saturated carbocycles. The first-order chi connectivity index (χ1) is 13.8. The first-order valence-corrected chi connectivity index (χ1v) is 11.8. The van der Waals surface area contributed by atoms with Crippen LogP contribution in [0.15, 0.2) is 41.8 Å². The van der Waals surface area contributed by atoms with Crippen molar-refractivity contribution >= 4 is 17.0 Å². The molecule has 4 heteroatoms. The maximum atomic E-state index is 6.10. The van der Waals surface area contributed by atoms with Gasteiger partial charge in [-0.1, -0.05) is 36.8 Å². The molecule has 2 aliphatic rings. The van der Waals surface area contributed by atoms with Gasteiger partial charge in [-0.2, -0.15) is 0 Å². The van der Waals surface area contributed by atoms with E-state index in [4.69, 9.17) is 4.74 Å². The molecule has 0 aliphatic carbocycles. The highest BCUT2D eigenvalue weighted by Crippen LogP contribution is 2.37. The Hall–Kier alpha value is -1.36. The van der Waals surface area contributed by atoms with Gasteiger partial charge in [0, 0.05) is 32.3 Å². The number of nitrogens with zero attached hydrogens (tertiary/aromatic N) is 2. The third kappa shape index (κ3) is 4.97. The Kier molecular flexibility index (Phi) is 7.05. The minimum Gasteiger partial charge on any atom is -0.381 e.